The number of rotatable bonds is 17. The van der Waals surface area contributed by atoms with Crippen molar-refractivity contribution in [1.29, 1.82) is 0 Å². The summed E-state index contributed by atoms with van der Waals surface area (Å²) >= 11 is 6.43. The number of aryl methyl sites for hydroxylation is 1. The Labute approximate surface area is 426 Å². The normalized spacial score (nSPS) is 14.4. The summed E-state index contributed by atoms with van der Waals surface area (Å²) in [7, 11) is 5.90. The maximum atomic E-state index is 14.7. The number of piperazine rings is 1. The summed E-state index contributed by atoms with van der Waals surface area (Å²) in [5.74, 6) is 0.0119. The van der Waals surface area contributed by atoms with Crippen LogP contribution in [0.25, 0.3) is 16.7 Å². The fraction of sp³-hybridized carbons (Fsp3) is 0.264. The highest BCUT2D eigenvalue weighted by atomic mass is 35.5. The lowest BCUT2D eigenvalue weighted by Crippen LogP contribution is -2.44. The molecule has 0 spiro atoms. The molecule has 9 rings (SSSR count). The number of hydrogen-bond acceptors (Lipinski definition) is 15. The van der Waals surface area contributed by atoms with Crippen LogP contribution in [0, 0.1) is 12.7 Å². The number of piperidine rings is 1. The molecule has 20 heteroatoms. The minimum Gasteiger partial charge on any atom is -0.494 e. The van der Waals surface area contributed by atoms with Crippen LogP contribution >= 0.6 is 11.6 Å². The molecule has 2 aliphatic rings. The van der Waals surface area contributed by atoms with Gasteiger partial charge in [0.25, 0.3) is 11.8 Å². The number of hydrogen-bond donors (Lipinski definition) is 4. The van der Waals surface area contributed by atoms with Gasteiger partial charge in [0.05, 0.1) is 24.2 Å². The number of benzene rings is 4. The Morgan fingerprint density at radius 3 is 2.27 bits per heavy atom. The Morgan fingerprint density at radius 2 is 1.52 bits per heavy atom. The van der Waals surface area contributed by atoms with E-state index >= 15 is 0 Å². The Kier molecular flexibility index (Phi) is 15.1. The first-order valence-corrected chi connectivity index (χ1v) is 24.1. The molecule has 0 bridgehead atoms. The number of carbonyl (C=O) groups is 2. The van der Waals surface area contributed by atoms with E-state index in [-0.39, 0.29) is 46.9 Å². The first-order valence-electron chi connectivity index (χ1n) is 23.7. The van der Waals surface area contributed by atoms with Crippen molar-refractivity contribution in [2.24, 2.45) is 0 Å². The summed E-state index contributed by atoms with van der Waals surface area (Å²) in [6.45, 7) is 14.7. The molecule has 4 N–H and O–H groups in total. The second-order valence-corrected chi connectivity index (χ2v) is 18.2. The van der Waals surface area contributed by atoms with E-state index in [0.29, 0.717) is 45.9 Å². The summed E-state index contributed by atoms with van der Waals surface area (Å²) < 4.78 is 35.3. The van der Waals surface area contributed by atoms with Crippen LogP contribution in [0.4, 0.5) is 44.7 Å². The Bertz CT molecular complexity index is 3210. The number of nitrogens with zero attached hydrogens (tertiary/aromatic N) is 9. The topological polar surface area (TPSA) is 189 Å². The lowest BCUT2D eigenvalue weighted by molar-refractivity contribution is -0.112. The van der Waals surface area contributed by atoms with Gasteiger partial charge in [0, 0.05) is 78.7 Å². The summed E-state index contributed by atoms with van der Waals surface area (Å²) in [5.41, 5.74) is 7.04. The number of ether oxygens (including phenoxy) is 3. The first kappa shape index (κ1) is 49.8. The van der Waals surface area contributed by atoms with Crippen LogP contribution in [0.15, 0.2) is 110 Å². The van der Waals surface area contributed by atoms with E-state index in [0.717, 1.165) is 98.2 Å². The molecule has 3 aromatic heterocycles. The number of amides is 2. The maximum Gasteiger partial charge on any atom is 0.262 e. The van der Waals surface area contributed by atoms with E-state index in [2.05, 4.69) is 97.5 Å². The number of anilines is 7. The minimum atomic E-state index is -0.672. The van der Waals surface area contributed by atoms with E-state index in [9.17, 15) is 14.0 Å². The van der Waals surface area contributed by atoms with Gasteiger partial charge in [-0.3, -0.25) is 9.59 Å². The van der Waals surface area contributed by atoms with Crippen molar-refractivity contribution in [3.8, 4) is 28.8 Å². The van der Waals surface area contributed by atoms with Crippen LogP contribution in [-0.4, -0.2) is 112 Å². The summed E-state index contributed by atoms with van der Waals surface area (Å²) in [6.07, 6.45) is 6.13. The first-order chi connectivity index (χ1) is 35.3. The van der Waals surface area contributed by atoms with Gasteiger partial charge in [-0.1, -0.05) is 30.8 Å². The van der Waals surface area contributed by atoms with Gasteiger partial charge >= 0.3 is 0 Å². The fourth-order valence-electron chi connectivity index (χ4n) is 8.90. The quantitative estimate of drug-likeness (QED) is 0.0631. The molecule has 376 valence electrons. The molecule has 4 aromatic carbocycles. The highest BCUT2D eigenvalue weighted by Gasteiger charge is 2.24. The van der Waals surface area contributed by atoms with Gasteiger partial charge in [-0.25, -0.2) is 9.37 Å². The van der Waals surface area contributed by atoms with Crippen molar-refractivity contribution in [2.75, 3.05) is 86.6 Å². The van der Waals surface area contributed by atoms with Gasteiger partial charge in [0.1, 0.15) is 29.7 Å². The zero-order valence-electron chi connectivity index (χ0n) is 40.9. The van der Waals surface area contributed by atoms with E-state index in [1.807, 2.05) is 53.2 Å². The molecular formula is C53H55ClFN13O5. The monoisotopic (exact) mass is 1010 g/mol. The van der Waals surface area contributed by atoms with Crippen LogP contribution < -0.4 is 40.4 Å². The van der Waals surface area contributed by atoms with E-state index in [1.54, 1.807) is 13.2 Å². The molecule has 0 aliphatic carbocycles. The Balaban J connectivity index is 1.07. The van der Waals surface area contributed by atoms with Gasteiger partial charge in [-0.2, -0.15) is 9.97 Å². The van der Waals surface area contributed by atoms with Gasteiger partial charge in [0.2, 0.25) is 22.9 Å². The molecule has 18 nitrogen and oxygen atoms in total. The third-order valence-corrected chi connectivity index (χ3v) is 13.0. The summed E-state index contributed by atoms with van der Waals surface area (Å²) in [6, 6.07) is 23.1. The molecule has 0 unspecified atom stereocenters. The van der Waals surface area contributed by atoms with Gasteiger partial charge in [-0.15, -0.1) is 10.2 Å². The predicted octanol–water partition coefficient (Wildman–Crippen LogP) is 9.38. The lowest BCUT2D eigenvalue weighted by Gasteiger charge is -2.34. The second-order valence-electron chi connectivity index (χ2n) is 17.9. The van der Waals surface area contributed by atoms with Gasteiger partial charge < -0.3 is 54.7 Å². The van der Waals surface area contributed by atoms with Crippen molar-refractivity contribution < 1.29 is 28.2 Å². The molecule has 2 amide bonds. The maximum absolute atomic E-state index is 14.7. The third kappa shape index (κ3) is 11.8. The van der Waals surface area contributed by atoms with Crippen molar-refractivity contribution in [3.63, 3.8) is 0 Å². The molecule has 73 heavy (non-hydrogen) atoms. The zero-order valence-corrected chi connectivity index (χ0v) is 41.7. The number of likely N-dealkylation sites (N-methyl/N-ethyl adjacent to an activating group) is 1. The average Bonchev–Trinajstić information content (AvgIpc) is 3.82. The number of fused-ring (bicyclic) bond motifs is 1. The van der Waals surface area contributed by atoms with Crippen LogP contribution in [0.3, 0.4) is 0 Å². The average molecular weight is 1010 g/mol. The minimum absolute atomic E-state index is 0.00203. The molecule has 2 fully saturated rings. The van der Waals surface area contributed by atoms with Crippen molar-refractivity contribution in [3.05, 3.63) is 138 Å². The molecule has 0 atom stereocenters. The van der Waals surface area contributed by atoms with Crippen LogP contribution in [-0.2, 0) is 16.2 Å². The molecule has 0 saturated carbocycles. The standard InChI is InChI=1S/C53H55ClFN13O5/c1-7-47(69)56-35-10-9-11-38(27-35)68-19-16-40-44(60-52(61-50(40)68)58-42-13-12-37(29-45(42)71-6)67-22-20-66(5)21-23-67)31-72-46-30-41(33-14-17-65(4)18-15-33)32(3)24-43(46)59-53-62-51(49(54)63-64-53)73-39-26-34(55)25-36(28-39)57-48(70)8-2/h7-13,16,19,24-30,33H,1-2,14-15,17-18,20-23,31H2,3-6H3,(H,56,69)(H,57,70)(H,58,60,61)(H,59,62,64). The molecule has 2 saturated heterocycles. The molecular weight excluding hydrogens is 953 g/mol. The SMILES string of the molecule is C=CC(=O)Nc1cc(F)cc(Oc2nc(Nc3cc(C)c(C4CCN(C)CC4)cc3OCc3nc(Nc4ccc(N5CCN(C)CC5)cc4OC)nc4c3ccn4-c3cccc(NC(=O)C=C)c3)nnc2Cl)c1. The number of halogens is 2. The van der Waals surface area contributed by atoms with Crippen molar-refractivity contribution in [1.82, 2.24) is 39.5 Å². The number of likely N-dealkylation sites (tertiary alicyclic amines) is 1. The number of methoxy groups -OCH3 is 1. The van der Waals surface area contributed by atoms with Crippen LogP contribution in [0.2, 0.25) is 5.15 Å². The number of carbonyl (C=O) groups excluding carboxylic acids is 2. The zero-order chi connectivity index (χ0) is 51.2. The number of aromatic nitrogens is 6. The third-order valence-electron chi connectivity index (χ3n) is 12.8. The molecule has 0 radical (unpaired) electrons. The molecule has 2 aliphatic heterocycles. The van der Waals surface area contributed by atoms with Gasteiger partial charge in [0.15, 0.2) is 5.65 Å². The lowest BCUT2D eigenvalue weighted by atomic mass is 9.86. The van der Waals surface area contributed by atoms with Crippen molar-refractivity contribution in [2.45, 2.75) is 32.3 Å². The summed E-state index contributed by atoms with van der Waals surface area (Å²) in [4.78, 5) is 45.9. The largest absolute Gasteiger partial charge is 0.494 e. The number of nitrogens with one attached hydrogen (secondary N) is 4. The highest BCUT2D eigenvalue weighted by molar-refractivity contribution is 6.30. The second kappa shape index (κ2) is 22.1. The van der Waals surface area contributed by atoms with Crippen LogP contribution in [0.1, 0.15) is 35.6 Å². The predicted molar refractivity (Wildman–Crippen MR) is 282 cm³/mol. The van der Waals surface area contributed by atoms with Crippen LogP contribution in [0.5, 0.6) is 23.1 Å². The Hall–Kier alpha value is -8.13. The molecule has 5 heterocycles. The molecule has 7 aromatic rings. The highest BCUT2D eigenvalue weighted by Crippen LogP contribution is 2.39. The summed E-state index contributed by atoms with van der Waals surface area (Å²) in [5, 5.41) is 20.9. The van der Waals surface area contributed by atoms with E-state index in [4.69, 9.17) is 35.8 Å². The Morgan fingerprint density at radius 1 is 0.781 bits per heavy atom. The smallest absolute Gasteiger partial charge is 0.262 e. The van der Waals surface area contributed by atoms with E-state index in [1.165, 1.54) is 12.1 Å². The van der Waals surface area contributed by atoms with Gasteiger partial charge in [-0.05, 0) is 131 Å². The van der Waals surface area contributed by atoms with E-state index < -0.39 is 11.7 Å². The van der Waals surface area contributed by atoms with Crippen molar-refractivity contribution >= 4 is 74.8 Å². The fourth-order valence-corrected chi connectivity index (χ4v) is 9.02.